The van der Waals surface area contributed by atoms with E-state index in [0.29, 0.717) is 12.8 Å². The van der Waals surface area contributed by atoms with E-state index < -0.39 is 51.1 Å². The highest BCUT2D eigenvalue weighted by Gasteiger charge is 2.28. The number of aliphatic carboxylic acids is 1. The molecule has 0 rings (SSSR count). The van der Waals surface area contributed by atoms with Crippen LogP contribution in [0.4, 0.5) is 0 Å². The molecule has 0 aromatic carbocycles. The second kappa shape index (κ2) is 39.3. The molecule has 1 unspecified atom stereocenters. The maximum absolute atomic E-state index is 12.6. The zero-order chi connectivity index (χ0) is 40.7. The zero-order valence-corrected chi connectivity index (χ0v) is 36.2. The molecule has 0 aliphatic rings. The first-order chi connectivity index (χ1) is 26.6. The molecule has 0 saturated heterocycles. The summed E-state index contributed by atoms with van der Waals surface area (Å²) < 4.78 is 32.7. The van der Waals surface area contributed by atoms with E-state index in [0.717, 1.165) is 38.5 Å². The van der Waals surface area contributed by atoms with Gasteiger partial charge in [0.05, 0.1) is 13.2 Å². The minimum Gasteiger partial charge on any atom is -0.480 e. The van der Waals surface area contributed by atoms with Crippen molar-refractivity contribution in [2.24, 2.45) is 5.73 Å². The normalized spacial score (nSPS) is 13.7. The summed E-state index contributed by atoms with van der Waals surface area (Å²) in [5.41, 5.74) is 5.33. The van der Waals surface area contributed by atoms with E-state index in [1.165, 1.54) is 148 Å². The van der Waals surface area contributed by atoms with Crippen LogP contribution in [0.15, 0.2) is 0 Å². The van der Waals surface area contributed by atoms with Crippen molar-refractivity contribution in [3.8, 4) is 0 Å². The SMILES string of the molecule is CCCCCCCCCCCCCCCCCCCCCCCC(=O)O[C@@H](COC(=O)CCCCCCCCCCCC)COP(=O)(O)OC[C@H](N)C(=O)O. The lowest BCUT2D eigenvalue weighted by molar-refractivity contribution is -0.161. The lowest BCUT2D eigenvalue weighted by Gasteiger charge is -2.20. The van der Waals surface area contributed by atoms with Crippen LogP contribution in [0.5, 0.6) is 0 Å². The van der Waals surface area contributed by atoms with Crippen LogP contribution in [0.1, 0.15) is 226 Å². The first kappa shape index (κ1) is 53.5. The first-order valence-electron chi connectivity index (χ1n) is 22.6. The minimum atomic E-state index is -4.70. The molecule has 3 atom stereocenters. The van der Waals surface area contributed by atoms with Crippen LogP contribution in [0.25, 0.3) is 0 Å². The second-order valence-corrected chi connectivity index (χ2v) is 17.0. The van der Waals surface area contributed by atoms with Gasteiger partial charge in [0.25, 0.3) is 0 Å². The summed E-state index contributed by atoms with van der Waals surface area (Å²) in [4.78, 5) is 45.9. The third-order valence-corrected chi connectivity index (χ3v) is 11.1. The van der Waals surface area contributed by atoms with Crippen LogP contribution in [0, 0.1) is 0 Å². The average molecular weight is 806 g/mol. The highest BCUT2D eigenvalue weighted by atomic mass is 31.2. The smallest absolute Gasteiger partial charge is 0.472 e. The number of carbonyl (C=O) groups excluding carboxylic acids is 2. The number of hydrogen-bond donors (Lipinski definition) is 3. The van der Waals surface area contributed by atoms with Gasteiger partial charge in [0.1, 0.15) is 12.6 Å². The predicted octanol–water partition coefficient (Wildman–Crippen LogP) is 11.9. The zero-order valence-electron chi connectivity index (χ0n) is 35.3. The molecule has 55 heavy (non-hydrogen) atoms. The third kappa shape index (κ3) is 39.1. The van der Waals surface area contributed by atoms with Gasteiger partial charge in [-0.1, -0.05) is 200 Å². The highest BCUT2D eigenvalue weighted by Crippen LogP contribution is 2.43. The van der Waals surface area contributed by atoms with Crippen LogP contribution in [0.2, 0.25) is 0 Å². The molecule has 0 aliphatic carbocycles. The largest absolute Gasteiger partial charge is 0.480 e. The molecule has 0 heterocycles. The molecule has 0 aromatic heterocycles. The molecule has 0 bridgehead atoms. The maximum Gasteiger partial charge on any atom is 0.472 e. The molecule has 0 amide bonds. The van der Waals surface area contributed by atoms with Crippen molar-refractivity contribution in [1.82, 2.24) is 0 Å². The van der Waals surface area contributed by atoms with Crippen LogP contribution < -0.4 is 5.73 Å². The summed E-state index contributed by atoms with van der Waals surface area (Å²) in [6.07, 6.45) is 37.5. The van der Waals surface area contributed by atoms with Crippen LogP contribution in [-0.4, -0.2) is 59.9 Å². The van der Waals surface area contributed by atoms with Gasteiger partial charge in [-0.2, -0.15) is 0 Å². The van der Waals surface area contributed by atoms with Gasteiger partial charge < -0.3 is 25.2 Å². The molecule has 0 fully saturated rings. The Bertz CT molecular complexity index is 952. The van der Waals surface area contributed by atoms with E-state index in [1.807, 2.05) is 0 Å². The van der Waals surface area contributed by atoms with Gasteiger partial charge in [-0.3, -0.25) is 23.4 Å². The monoisotopic (exact) mass is 806 g/mol. The van der Waals surface area contributed by atoms with Crippen molar-refractivity contribution >= 4 is 25.7 Å². The van der Waals surface area contributed by atoms with Crippen molar-refractivity contribution in [1.29, 1.82) is 0 Å². The van der Waals surface area contributed by atoms with E-state index in [4.69, 9.17) is 24.8 Å². The van der Waals surface area contributed by atoms with Gasteiger partial charge in [0.15, 0.2) is 6.10 Å². The number of carboxylic acids is 1. The van der Waals surface area contributed by atoms with Crippen molar-refractivity contribution < 1.29 is 47.5 Å². The Hall–Kier alpha value is -1.52. The topological polar surface area (TPSA) is 172 Å². The molecule has 4 N–H and O–H groups in total. The average Bonchev–Trinajstić information content (AvgIpc) is 3.16. The van der Waals surface area contributed by atoms with E-state index >= 15 is 0 Å². The number of esters is 2. The Labute approximate surface area is 335 Å². The molecular formula is C43H84NO10P. The molecule has 0 spiro atoms. The third-order valence-electron chi connectivity index (χ3n) is 10.1. The summed E-state index contributed by atoms with van der Waals surface area (Å²) in [7, 11) is -4.70. The first-order valence-corrected chi connectivity index (χ1v) is 24.1. The van der Waals surface area contributed by atoms with Crippen molar-refractivity contribution in [2.45, 2.75) is 238 Å². The number of rotatable bonds is 43. The van der Waals surface area contributed by atoms with E-state index in [2.05, 4.69) is 18.4 Å². The van der Waals surface area contributed by atoms with Gasteiger partial charge in [-0.15, -0.1) is 0 Å². The molecule has 326 valence electrons. The number of carbonyl (C=O) groups is 3. The molecule has 0 aliphatic heterocycles. The van der Waals surface area contributed by atoms with Crippen molar-refractivity contribution in [2.75, 3.05) is 19.8 Å². The fourth-order valence-electron chi connectivity index (χ4n) is 6.54. The van der Waals surface area contributed by atoms with Gasteiger partial charge in [0.2, 0.25) is 0 Å². The van der Waals surface area contributed by atoms with Gasteiger partial charge in [0, 0.05) is 12.8 Å². The number of ether oxygens (including phenoxy) is 2. The molecule has 11 nitrogen and oxygen atoms in total. The summed E-state index contributed by atoms with van der Waals surface area (Å²) in [5, 5.41) is 8.88. The van der Waals surface area contributed by atoms with Crippen LogP contribution >= 0.6 is 7.82 Å². The maximum atomic E-state index is 12.6. The summed E-state index contributed by atoms with van der Waals surface area (Å²) >= 11 is 0. The quantitative estimate of drug-likeness (QED) is 0.0304. The fraction of sp³-hybridized carbons (Fsp3) is 0.930. The van der Waals surface area contributed by atoms with Crippen LogP contribution in [0.3, 0.4) is 0 Å². The van der Waals surface area contributed by atoms with Crippen LogP contribution in [-0.2, 0) is 37.5 Å². The Kier molecular flexibility index (Phi) is 38.2. The molecule has 0 radical (unpaired) electrons. The van der Waals surface area contributed by atoms with Crippen molar-refractivity contribution in [3.05, 3.63) is 0 Å². The highest BCUT2D eigenvalue weighted by molar-refractivity contribution is 7.47. The molecular weight excluding hydrogens is 721 g/mol. The lowest BCUT2D eigenvalue weighted by atomic mass is 10.0. The standard InChI is InChI=1S/C43H84NO10P/c1-3-5-7-9-11-13-15-16-17-18-19-20-21-22-23-24-25-27-29-31-33-35-42(46)54-39(37-52-55(49,50)53-38-40(44)43(47)48)36-51-41(45)34-32-30-28-26-14-12-10-8-6-4-2/h39-40H,3-38,44H2,1-2H3,(H,47,48)(H,49,50)/t39-,40-/m0/s1. The molecule has 0 saturated carbocycles. The number of nitrogens with two attached hydrogens (primary N) is 1. The number of hydrogen-bond acceptors (Lipinski definition) is 9. The summed E-state index contributed by atoms with van der Waals surface area (Å²) in [6.45, 7) is 2.82. The summed E-state index contributed by atoms with van der Waals surface area (Å²) in [6, 6.07) is -1.52. The number of carboxylic acid groups (broad SMARTS) is 1. The molecule has 12 heteroatoms. The number of phosphoric ester groups is 1. The lowest BCUT2D eigenvalue weighted by Crippen LogP contribution is -2.34. The Morgan fingerprint density at radius 3 is 1.15 bits per heavy atom. The van der Waals surface area contributed by atoms with E-state index in [1.54, 1.807) is 0 Å². The summed E-state index contributed by atoms with van der Waals surface area (Å²) in [5.74, 6) is -2.36. The Balaban J connectivity index is 4.20. The Morgan fingerprint density at radius 2 is 0.800 bits per heavy atom. The Morgan fingerprint density at radius 1 is 0.491 bits per heavy atom. The van der Waals surface area contributed by atoms with Gasteiger partial charge >= 0.3 is 25.7 Å². The van der Waals surface area contributed by atoms with E-state index in [-0.39, 0.29) is 19.4 Å². The van der Waals surface area contributed by atoms with E-state index in [9.17, 15) is 23.8 Å². The number of unbranched alkanes of at least 4 members (excludes halogenated alkanes) is 29. The van der Waals surface area contributed by atoms with Gasteiger partial charge in [-0.25, -0.2) is 4.57 Å². The fourth-order valence-corrected chi connectivity index (χ4v) is 7.32. The minimum absolute atomic E-state index is 0.169. The van der Waals surface area contributed by atoms with Crippen molar-refractivity contribution in [3.63, 3.8) is 0 Å². The molecule has 0 aromatic rings. The second-order valence-electron chi connectivity index (χ2n) is 15.6. The van der Waals surface area contributed by atoms with Gasteiger partial charge in [-0.05, 0) is 12.8 Å². The predicted molar refractivity (Wildman–Crippen MR) is 222 cm³/mol. The number of phosphoric acid groups is 1.